The number of carbonyl (C=O) groups is 2. The van der Waals surface area contributed by atoms with Gasteiger partial charge in [-0.2, -0.15) is 13.2 Å². The number of piperidine rings is 1. The van der Waals surface area contributed by atoms with Crippen molar-refractivity contribution in [3.05, 3.63) is 99.5 Å². The van der Waals surface area contributed by atoms with Crippen molar-refractivity contribution in [3.8, 4) is 0 Å². The Morgan fingerprint density at radius 3 is 2.31 bits per heavy atom. The fourth-order valence-electron chi connectivity index (χ4n) is 4.21. The van der Waals surface area contributed by atoms with Crippen LogP contribution in [0.2, 0.25) is 0 Å². The largest absolute Gasteiger partial charge is 0.416 e. The number of benzene rings is 3. The number of hydrogen-bond donors (Lipinski definition) is 2. The van der Waals surface area contributed by atoms with Crippen LogP contribution in [0.3, 0.4) is 0 Å². The molecule has 3 aromatic carbocycles. The first-order valence-corrected chi connectivity index (χ1v) is 12.3. The van der Waals surface area contributed by atoms with E-state index in [4.69, 9.17) is 0 Å². The number of alkyl halides is 3. The first-order valence-electron chi connectivity index (χ1n) is 11.6. The summed E-state index contributed by atoms with van der Waals surface area (Å²) in [7, 11) is 0. The van der Waals surface area contributed by atoms with Crippen molar-refractivity contribution in [2.75, 3.05) is 18.0 Å². The molecule has 0 unspecified atom stereocenters. The van der Waals surface area contributed by atoms with Crippen LogP contribution in [0.25, 0.3) is 0 Å². The van der Waals surface area contributed by atoms with Crippen LogP contribution >= 0.6 is 15.9 Å². The monoisotopic (exact) mass is 559 g/mol. The maximum Gasteiger partial charge on any atom is 0.416 e. The highest BCUT2D eigenvalue weighted by Crippen LogP contribution is 2.30. The Bertz CT molecular complexity index is 1220. The molecule has 1 aliphatic rings. The second kappa shape index (κ2) is 11.2. The molecule has 0 radical (unpaired) electrons. The fourth-order valence-corrected chi connectivity index (χ4v) is 4.48. The maximum atomic E-state index is 13.0. The second-order valence-electron chi connectivity index (χ2n) is 8.64. The lowest BCUT2D eigenvalue weighted by Gasteiger charge is -2.35. The summed E-state index contributed by atoms with van der Waals surface area (Å²) in [4.78, 5) is 27.6. The number of rotatable bonds is 6. The van der Waals surface area contributed by atoms with Gasteiger partial charge < -0.3 is 15.5 Å². The van der Waals surface area contributed by atoms with Gasteiger partial charge in [-0.3, -0.25) is 9.59 Å². The molecule has 0 bridgehead atoms. The van der Waals surface area contributed by atoms with Gasteiger partial charge in [-0.1, -0.05) is 40.2 Å². The summed E-state index contributed by atoms with van der Waals surface area (Å²) in [5.41, 5.74) is 1.45. The van der Waals surface area contributed by atoms with Crippen molar-refractivity contribution in [2.45, 2.75) is 31.6 Å². The van der Waals surface area contributed by atoms with Gasteiger partial charge in [-0.15, -0.1) is 0 Å². The molecule has 1 fully saturated rings. The lowest BCUT2D eigenvalue weighted by Crippen LogP contribution is -2.45. The Morgan fingerprint density at radius 2 is 1.61 bits per heavy atom. The van der Waals surface area contributed by atoms with Crippen molar-refractivity contribution >= 4 is 33.4 Å². The van der Waals surface area contributed by atoms with Crippen LogP contribution in [0.4, 0.5) is 18.9 Å². The molecule has 2 amide bonds. The third kappa shape index (κ3) is 6.46. The van der Waals surface area contributed by atoms with E-state index >= 15 is 0 Å². The second-order valence-corrected chi connectivity index (χ2v) is 9.56. The van der Waals surface area contributed by atoms with E-state index < -0.39 is 11.7 Å². The Balaban J connectivity index is 1.35. The van der Waals surface area contributed by atoms with Gasteiger partial charge in [0.15, 0.2) is 0 Å². The highest BCUT2D eigenvalue weighted by Gasteiger charge is 2.30. The van der Waals surface area contributed by atoms with Crippen LogP contribution in [0.1, 0.15) is 44.7 Å². The molecule has 4 rings (SSSR count). The molecule has 9 heteroatoms. The maximum absolute atomic E-state index is 13.0. The number of anilines is 1. The summed E-state index contributed by atoms with van der Waals surface area (Å²) in [5.74, 6) is -0.469. The zero-order chi connectivity index (χ0) is 25.7. The quantitative estimate of drug-likeness (QED) is 0.401. The molecule has 36 heavy (non-hydrogen) atoms. The number of para-hydroxylation sites is 1. The molecule has 3 aromatic rings. The van der Waals surface area contributed by atoms with Gasteiger partial charge >= 0.3 is 6.18 Å². The first-order chi connectivity index (χ1) is 17.2. The van der Waals surface area contributed by atoms with Crippen molar-refractivity contribution in [1.29, 1.82) is 0 Å². The van der Waals surface area contributed by atoms with Crippen LogP contribution in [-0.4, -0.2) is 30.9 Å². The fraction of sp³-hybridized carbons (Fsp3) is 0.259. The van der Waals surface area contributed by atoms with Gasteiger partial charge in [0.2, 0.25) is 0 Å². The summed E-state index contributed by atoms with van der Waals surface area (Å²) < 4.78 is 39.8. The molecule has 1 aliphatic heterocycles. The highest BCUT2D eigenvalue weighted by atomic mass is 79.9. The molecule has 2 N–H and O–H groups in total. The van der Waals surface area contributed by atoms with Gasteiger partial charge in [0.25, 0.3) is 11.8 Å². The van der Waals surface area contributed by atoms with Crippen LogP contribution < -0.4 is 15.5 Å². The number of nitrogens with one attached hydrogen (secondary N) is 2. The average molecular weight is 560 g/mol. The number of nitrogens with zero attached hydrogens (tertiary/aromatic N) is 1. The standard InChI is InChI=1S/C27H25BrF3N3O2/c28-21-10-8-19(9-11-21)25(35)33-22-12-14-34(15-13-22)24-7-2-1-6-23(24)26(36)32-17-18-4-3-5-20(16-18)27(29,30)31/h1-11,16,22H,12-15,17H2,(H,32,36)(H,33,35). The third-order valence-electron chi connectivity index (χ3n) is 6.13. The lowest BCUT2D eigenvalue weighted by atomic mass is 10.0. The van der Waals surface area contributed by atoms with E-state index in [9.17, 15) is 22.8 Å². The summed E-state index contributed by atoms with van der Waals surface area (Å²) in [5, 5.41) is 5.81. The van der Waals surface area contributed by atoms with E-state index in [0.29, 0.717) is 29.8 Å². The van der Waals surface area contributed by atoms with Gasteiger partial charge in [-0.25, -0.2) is 0 Å². The minimum absolute atomic E-state index is 0.0126. The van der Waals surface area contributed by atoms with E-state index in [1.807, 2.05) is 24.3 Å². The molecule has 0 spiro atoms. The Morgan fingerprint density at radius 1 is 0.917 bits per heavy atom. The summed E-state index contributed by atoms with van der Waals surface area (Å²) >= 11 is 3.36. The predicted octanol–water partition coefficient (Wildman–Crippen LogP) is 5.80. The summed E-state index contributed by atoms with van der Waals surface area (Å²) in [6.07, 6.45) is -2.98. The summed E-state index contributed by atoms with van der Waals surface area (Å²) in [6, 6.07) is 19.3. The number of amides is 2. The molecular formula is C27H25BrF3N3O2. The van der Waals surface area contributed by atoms with E-state index in [0.717, 1.165) is 35.1 Å². The number of hydrogen-bond acceptors (Lipinski definition) is 3. The molecule has 0 atom stereocenters. The number of carbonyl (C=O) groups excluding carboxylic acids is 2. The van der Waals surface area contributed by atoms with Crippen LogP contribution in [0.15, 0.2) is 77.3 Å². The molecule has 0 saturated carbocycles. The van der Waals surface area contributed by atoms with E-state index in [2.05, 4.69) is 31.5 Å². The van der Waals surface area contributed by atoms with E-state index in [1.54, 1.807) is 30.3 Å². The topological polar surface area (TPSA) is 61.4 Å². The molecule has 188 valence electrons. The molecule has 0 aromatic heterocycles. The number of halogens is 4. The molecule has 1 heterocycles. The lowest BCUT2D eigenvalue weighted by molar-refractivity contribution is -0.137. The van der Waals surface area contributed by atoms with Crippen molar-refractivity contribution in [2.24, 2.45) is 0 Å². The van der Waals surface area contributed by atoms with Crippen LogP contribution in [0, 0.1) is 0 Å². The minimum Gasteiger partial charge on any atom is -0.371 e. The molecule has 1 saturated heterocycles. The van der Waals surface area contributed by atoms with Gasteiger partial charge in [-0.05, 0) is 66.9 Å². The zero-order valence-electron chi connectivity index (χ0n) is 19.3. The highest BCUT2D eigenvalue weighted by molar-refractivity contribution is 9.10. The average Bonchev–Trinajstić information content (AvgIpc) is 2.88. The third-order valence-corrected chi connectivity index (χ3v) is 6.66. The van der Waals surface area contributed by atoms with Crippen LogP contribution in [-0.2, 0) is 12.7 Å². The minimum atomic E-state index is -4.43. The molecule has 0 aliphatic carbocycles. The SMILES string of the molecule is O=C(NC1CCN(c2ccccc2C(=O)NCc2cccc(C(F)(F)F)c2)CC1)c1ccc(Br)cc1. The Labute approximate surface area is 215 Å². The normalized spacial score (nSPS) is 14.4. The van der Waals surface area contributed by atoms with Crippen LogP contribution in [0.5, 0.6) is 0 Å². The Hall–Kier alpha value is -3.33. The van der Waals surface area contributed by atoms with E-state index in [-0.39, 0.29) is 24.4 Å². The smallest absolute Gasteiger partial charge is 0.371 e. The van der Waals surface area contributed by atoms with Crippen molar-refractivity contribution < 1.29 is 22.8 Å². The van der Waals surface area contributed by atoms with Crippen molar-refractivity contribution in [1.82, 2.24) is 10.6 Å². The zero-order valence-corrected chi connectivity index (χ0v) is 20.9. The first kappa shape index (κ1) is 25.8. The molecular weight excluding hydrogens is 535 g/mol. The van der Waals surface area contributed by atoms with Gasteiger partial charge in [0.05, 0.1) is 11.1 Å². The Kier molecular flexibility index (Phi) is 7.98. The van der Waals surface area contributed by atoms with Gasteiger partial charge in [0, 0.05) is 41.4 Å². The van der Waals surface area contributed by atoms with Crippen molar-refractivity contribution in [3.63, 3.8) is 0 Å². The van der Waals surface area contributed by atoms with E-state index in [1.165, 1.54) is 6.07 Å². The summed E-state index contributed by atoms with van der Waals surface area (Å²) in [6.45, 7) is 1.30. The predicted molar refractivity (Wildman–Crippen MR) is 136 cm³/mol. The molecule has 5 nitrogen and oxygen atoms in total. The van der Waals surface area contributed by atoms with Gasteiger partial charge in [0.1, 0.15) is 0 Å².